The van der Waals surface area contributed by atoms with Crippen LogP contribution in [0.2, 0.25) is 0 Å². The predicted molar refractivity (Wildman–Crippen MR) is 82.8 cm³/mol. The molecule has 112 valence electrons. The van der Waals surface area contributed by atoms with Gasteiger partial charge in [-0.1, -0.05) is 0 Å². The van der Waals surface area contributed by atoms with Crippen LogP contribution in [0.25, 0.3) is 0 Å². The number of nitrogens with one attached hydrogen (secondary N) is 1. The van der Waals surface area contributed by atoms with Crippen molar-refractivity contribution in [2.75, 3.05) is 18.4 Å². The Morgan fingerprint density at radius 3 is 2.55 bits per heavy atom. The summed E-state index contributed by atoms with van der Waals surface area (Å²) in [6.45, 7) is 11.3. The van der Waals surface area contributed by atoms with Crippen LogP contribution < -0.4 is 11.1 Å². The molecule has 0 radical (unpaired) electrons. The van der Waals surface area contributed by atoms with Crippen molar-refractivity contribution < 1.29 is 4.79 Å². The van der Waals surface area contributed by atoms with E-state index in [1.807, 2.05) is 40.7 Å². The molecule has 1 unspecified atom stereocenters. The van der Waals surface area contributed by atoms with E-state index in [1.165, 1.54) is 0 Å². The fraction of sp³-hybridized carbons (Fsp3) is 0.600. The number of rotatable bonds is 6. The fourth-order valence-corrected chi connectivity index (χ4v) is 1.78. The summed E-state index contributed by atoms with van der Waals surface area (Å²) in [7, 11) is 0. The third-order valence-electron chi connectivity index (χ3n) is 3.63. The Morgan fingerprint density at radius 1 is 1.45 bits per heavy atom. The van der Waals surface area contributed by atoms with Crippen molar-refractivity contribution in [2.24, 2.45) is 5.73 Å². The van der Waals surface area contributed by atoms with Crippen molar-refractivity contribution in [3.63, 3.8) is 0 Å². The molecule has 0 bridgehead atoms. The summed E-state index contributed by atoms with van der Waals surface area (Å²) in [5.41, 5.74) is 7.02. The molecule has 0 fully saturated rings. The van der Waals surface area contributed by atoms with E-state index in [1.54, 1.807) is 17.2 Å². The maximum Gasteiger partial charge on any atom is 0.272 e. The molecule has 1 heterocycles. The van der Waals surface area contributed by atoms with Crippen LogP contribution in [0.5, 0.6) is 0 Å². The Bertz CT molecular complexity index is 453. The van der Waals surface area contributed by atoms with Gasteiger partial charge in [0.2, 0.25) is 0 Å². The van der Waals surface area contributed by atoms with Crippen LogP contribution in [-0.2, 0) is 0 Å². The SMILES string of the molecule is CCN(CC)C(=O)c1cc(NC(C)(C)C(C)N)ccn1. The second kappa shape index (κ2) is 6.70. The van der Waals surface area contributed by atoms with Gasteiger partial charge in [-0.2, -0.15) is 0 Å². The average molecular weight is 278 g/mol. The molecule has 0 aliphatic rings. The third-order valence-corrected chi connectivity index (χ3v) is 3.63. The van der Waals surface area contributed by atoms with Crippen molar-refractivity contribution in [3.05, 3.63) is 24.0 Å². The van der Waals surface area contributed by atoms with Crippen molar-refractivity contribution in [2.45, 2.75) is 46.2 Å². The van der Waals surface area contributed by atoms with Crippen molar-refractivity contribution in [1.82, 2.24) is 9.88 Å². The van der Waals surface area contributed by atoms with Crippen molar-refractivity contribution in [1.29, 1.82) is 0 Å². The van der Waals surface area contributed by atoms with E-state index in [4.69, 9.17) is 5.73 Å². The second-order valence-corrected chi connectivity index (χ2v) is 5.54. The number of aromatic nitrogens is 1. The molecule has 1 aromatic rings. The summed E-state index contributed by atoms with van der Waals surface area (Å²) in [6, 6.07) is 3.62. The predicted octanol–water partition coefficient (Wildman–Crippen LogP) is 2.10. The molecule has 0 spiro atoms. The number of pyridine rings is 1. The molecule has 0 aromatic carbocycles. The Hall–Kier alpha value is -1.62. The zero-order valence-corrected chi connectivity index (χ0v) is 13.1. The van der Waals surface area contributed by atoms with E-state index in [2.05, 4.69) is 10.3 Å². The normalized spacial score (nSPS) is 12.9. The second-order valence-electron chi connectivity index (χ2n) is 5.54. The van der Waals surface area contributed by atoms with Gasteiger partial charge in [-0.05, 0) is 46.8 Å². The first kappa shape index (κ1) is 16.4. The van der Waals surface area contributed by atoms with E-state index >= 15 is 0 Å². The monoisotopic (exact) mass is 278 g/mol. The van der Waals surface area contributed by atoms with Crippen LogP contribution in [0, 0.1) is 0 Å². The number of hydrogen-bond acceptors (Lipinski definition) is 4. The summed E-state index contributed by atoms with van der Waals surface area (Å²) in [4.78, 5) is 18.2. The number of nitrogens with two attached hydrogens (primary N) is 1. The number of carbonyl (C=O) groups excluding carboxylic acids is 1. The first-order valence-electron chi connectivity index (χ1n) is 7.10. The lowest BCUT2D eigenvalue weighted by molar-refractivity contribution is 0.0767. The molecule has 1 atom stereocenters. The van der Waals surface area contributed by atoms with Crippen LogP contribution in [0.3, 0.4) is 0 Å². The highest BCUT2D eigenvalue weighted by molar-refractivity contribution is 5.93. The molecule has 5 heteroatoms. The van der Waals surface area contributed by atoms with Crippen LogP contribution >= 0.6 is 0 Å². The van der Waals surface area contributed by atoms with Crippen LogP contribution in [-0.4, -0.2) is 40.5 Å². The molecule has 5 nitrogen and oxygen atoms in total. The molecule has 3 N–H and O–H groups in total. The highest BCUT2D eigenvalue weighted by atomic mass is 16.2. The van der Waals surface area contributed by atoms with Gasteiger partial charge in [-0.15, -0.1) is 0 Å². The topological polar surface area (TPSA) is 71.2 Å². The highest BCUT2D eigenvalue weighted by Crippen LogP contribution is 2.18. The molecular weight excluding hydrogens is 252 g/mol. The lowest BCUT2D eigenvalue weighted by Crippen LogP contribution is -2.47. The van der Waals surface area contributed by atoms with E-state index < -0.39 is 0 Å². The van der Waals surface area contributed by atoms with Gasteiger partial charge in [0, 0.05) is 36.6 Å². The molecule has 1 aromatic heterocycles. The van der Waals surface area contributed by atoms with E-state index in [0.29, 0.717) is 18.8 Å². The molecule has 1 amide bonds. The third kappa shape index (κ3) is 3.93. The van der Waals surface area contributed by atoms with Gasteiger partial charge in [0.1, 0.15) is 5.69 Å². The van der Waals surface area contributed by atoms with Crippen LogP contribution in [0.4, 0.5) is 5.69 Å². The Labute approximate surface area is 121 Å². The van der Waals surface area contributed by atoms with Gasteiger partial charge >= 0.3 is 0 Å². The minimum absolute atomic E-state index is 0.0161. The average Bonchev–Trinajstić information content (AvgIpc) is 2.39. The zero-order valence-electron chi connectivity index (χ0n) is 13.1. The molecule has 0 aliphatic heterocycles. The van der Waals surface area contributed by atoms with Crippen LogP contribution in [0.15, 0.2) is 18.3 Å². The van der Waals surface area contributed by atoms with Gasteiger partial charge in [-0.25, -0.2) is 0 Å². The molecule has 20 heavy (non-hydrogen) atoms. The fourth-order valence-electron chi connectivity index (χ4n) is 1.78. The van der Waals surface area contributed by atoms with E-state index in [-0.39, 0.29) is 17.5 Å². The number of nitrogens with zero attached hydrogens (tertiary/aromatic N) is 2. The molecule has 0 saturated heterocycles. The van der Waals surface area contributed by atoms with Gasteiger partial charge in [0.15, 0.2) is 0 Å². The van der Waals surface area contributed by atoms with Gasteiger partial charge in [0.25, 0.3) is 5.91 Å². The summed E-state index contributed by atoms with van der Waals surface area (Å²) in [5.74, 6) is -0.0442. The van der Waals surface area contributed by atoms with Crippen molar-refractivity contribution in [3.8, 4) is 0 Å². The standard InChI is InChI=1S/C15H26N4O/c1-6-19(7-2)14(20)13-10-12(8-9-17-13)18-15(4,5)11(3)16/h8-11H,6-7,16H2,1-5H3,(H,17,18). The maximum absolute atomic E-state index is 12.3. The van der Waals surface area contributed by atoms with Crippen molar-refractivity contribution >= 4 is 11.6 Å². The van der Waals surface area contributed by atoms with Gasteiger partial charge in [-0.3, -0.25) is 9.78 Å². The number of anilines is 1. The summed E-state index contributed by atoms with van der Waals surface area (Å²) in [5, 5.41) is 3.35. The molecule has 0 saturated carbocycles. The quantitative estimate of drug-likeness (QED) is 0.836. The van der Waals surface area contributed by atoms with Gasteiger partial charge in [0.05, 0.1) is 0 Å². The number of carbonyl (C=O) groups is 1. The number of amides is 1. The first-order valence-corrected chi connectivity index (χ1v) is 7.10. The first-order chi connectivity index (χ1) is 9.31. The minimum atomic E-state index is -0.253. The largest absolute Gasteiger partial charge is 0.379 e. The van der Waals surface area contributed by atoms with Crippen LogP contribution in [0.1, 0.15) is 45.1 Å². The summed E-state index contributed by atoms with van der Waals surface area (Å²) >= 11 is 0. The lowest BCUT2D eigenvalue weighted by Gasteiger charge is -2.31. The summed E-state index contributed by atoms with van der Waals surface area (Å²) < 4.78 is 0. The van der Waals surface area contributed by atoms with Gasteiger partial charge < -0.3 is 16.0 Å². The minimum Gasteiger partial charge on any atom is -0.379 e. The molecule has 0 aliphatic carbocycles. The zero-order chi connectivity index (χ0) is 15.3. The molecular formula is C15H26N4O. The lowest BCUT2D eigenvalue weighted by atomic mass is 9.96. The molecule has 1 rings (SSSR count). The highest BCUT2D eigenvalue weighted by Gasteiger charge is 2.23. The Balaban J connectivity index is 2.94. The van der Waals surface area contributed by atoms with E-state index in [9.17, 15) is 4.79 Å². The number of hydrogen-bond donors (Lipinski definition) is 2. The summed E-state index contributed by atoms with van der Waals surface area (Å²) in [6.07, 6.45) is 1.65. The Morgan fingerprint density at radius 2 is 2.05 bits per heavy atom. The van der Waals surface area contributed by atoms with E-state index in [0.717, 1.165) is 5.69 Å². The maximum atomic E-state index is 12.3. The smallest absolute Gasteiger partial charge is 0.272 e. The Kier molecular flexibility index (Phi) is 5.51.